The van der Waals surface area contributed by atoms with Crippen molar-refractivity contribution in [3.63, 3.8) is 0 Å². The van der Waals surface area contributed by atoms with Crippen molar-refractivity contribution in [2.45, 2.75) is 116 Å². The Balaban J connectivity index is 1.44. The maximum Gasteiger partial charge on any atom is 0.119 e. The Kier molecular flexibility index (Phi) is 14.6. The monoisotopic (exact) mass is 438 g/mol. The van der Waals surface area contributed by atoms with E-state index in [0.29, 0.717) is 6.61 Å². The number of hydrogen-bond donors (Lipinski definition) is 1. The molecule has 1 unspecified atom stereocenters. The number of aliphatic hydroxyl groups excluding tert-OH is 1. The highest BCUT2D eigenvalue weighted by molar-refractivity contribution is 5.29. The first kappa shape index (κ1) is 26.5. The Morgan fingerprint density at radius 3 is 1.66 bits per heavy atom. The highest BCUT2D eigenvalue weighted by Gasteiger charge is 2.07. The molecule has 2 rings (SSSR count). The van der Waals surface area contributed by atoms with Gasteiger partial charge in [-0.15, -0.1) is 0 Å². The van der Waals surface area contributed by atoms with E-state index in [2.05, 4.69) is 19.1 Å². The lowest BCUT2D eigenvalue weighted by Gasteiger charge is -2.12. The minimum Gasteiger partial charge on any atom is -0.489 e. The minimum absolute atomic E-state index is 0.365. The van der Waals surface area contributed by atoms with Crippen molar-refractivity contribution in [3.8, 4) is 5.75 Å². The second-order valence-corrected chi connectivity index (χ2v) is 9.24. The molecular weight excluding hydrogens is 392 g/mol. The van der Waals surface area contributed by atoms with Crippen molar-refractivity contribution >= 4 is 0 Å². The smallest absolute Gasteiger partial charge is 0.119 e. The standard InChI is InChI=1S/C30H46O2/c1-2-3-4-5-6-7-8-9-10-11-12-13-14-18-21-30(31)28-22-24-29(25-23-28)32-26-27-19-16-15-17-20-27/h15-17,19-20,22-25,30-31H,2-14,18,21,26H2,1H3. The fraction of sp³-hybridized carbons (Fsp3) is 0.600. The van der Waals surface area contributed by atoms with Gasteiger partial charge < -0.3 is 9.84 Å². The Morgan fingerprint density at radius 2 is 1.12 bits per heavy atom. The molecule has 0 aliphatic rings. The fourth-order valence-electron chi connectivity index (χ4n) is 4.23. The maximum absolute atomic E-state index is 10.5. The van der Waals surface area contributed by atoms with Gasteiger partial charge in [0.25, 0.3) is 0 Å². The van der Waals surface area contributed by atoms with Gasteiger partial charge in [-0.25, -0.2) is 0 Å². The predicted molar refractivity (Wildman–Crippen MR) is 137 cm³/mol. The third-order valence-corrected chi connectivity index (χ3v) is 6.34. The molecular formula is C30H46O2. The number of aliphatic hydroxyl groups is 1. The Bertz CT molecular complexity index is 665. The van der Waals surface area contributed by atoms with E-state index in [1.54, 1.807) is 0 Å². The van der Waals surface area contributed by atoms with Gasteiger partial charge in [0.1, 0.15) is 12.4 Å². The van der Waals surface area contributed by atoms with E-state index in [9.17, 15) is 5.11 Å². The van der Waals surface area contributed by atoms with Crippen LogP contribution in [0.1, 0.15) is 120 Å². The van der Waals surface area contributed by atoms with Crippen LogP contribution in [0.2, 0.25) is 0 Å². The second kappa shape index (κ2) is 17.7. The molecule has 2 nitrogen and oxygen atoms in total. The van der Waals surface area contributed by atoms with Gasteiger partial charge >= 0.3 is 0 Å². The van der Waals surface area contributed by atoms with Crippen LogP contribution in [0.25, 0.3) is 0 Å². The first-order valence-electron chi connectivity index (χ1n) is 13.2. The summed E-state index contributed by atoms with van der Waals surface area (Å²) in [4.78, 5) is 0. The molecule has 0 aromatic heterocycles. The van der Waals surface area contributed by atoms with Crippen LogP contribution >= 0.6 is 0 Å². The van der Waals surface area contributed by atoms with E-state index >= 15 is 0 Å². The van der Waals surface area contributed by atoms with Crippen LogP contribution in [0.3, 0.4) is 0 Å². The molecule has 0 saturated heterocycles. The first-order chi connectivity index (χ1) is 15.8. The summed E-state index contributed by atoms with van der Waals surface area (Å²) in [6.07, 6.45) is 19.6. The summed E-state index contributed by atoms with van der Waals surface area (Å²) in [7, 11) is 0. The van der Waals surface area contributed by atoms with Gasteiger partial charge in [-0.05, 0) is 29.7 Å². The number of ether oxygens (including phenoxy) is 1. The molecule has 2 heteroatoms. The number of hydrogen-bond acceptors (Lipinski definition) is 2. The molecule has 0 amide bonds. The quantitative estimate of drug-likeness (QED) is 0.221. The Labute approximate surface area is 197 Å². The van der Waals surface area contributed by atoms with Gasteiger partial charge in [-0.2, -0.15) is 0 Å². The molecule has 0 heterocycles. The summed E-state index contributed by atoms with van der Waals surface area (Å²) in [6, 6.07) is 18.1. The number of rotatable bonds is 19. The molecule has 32 heavy (non-hydrogen) atoms. The molecule has 0 bridgehead atoms. The zero-order valence-corrected chi connectivity index (χ0v) is 20.4. The lowest BCUT2D eigenvalue weighted by molar-refractivity contribution is 0.163. The van der Waals surface area contributed by atoms with Gasteiger partial charge in [-0.3, -0.25) is 0 Å². The average Bonchev–Trinajstić information content (AvgIpc) is 2.84. The van der Waals surface area contributed by atoms with Crippen LogP contribution < -0.4 is 4.74 Å². The van der Waals surface area contributed by atoms with Crippen LogP contribution in [0.4, 0.5) is 0 Å². The van der Waals surface area contributed by atoms with Crippen LogP contribution in [0.15, 0.2) is 54.6 Å². The first-order valence-corrected chi connectivity index (χ1v) is 13.2. The molecule has 0 fully saturated rings. The number of unbranched alkanes of at least 4 members (excludes halogenated alkanes) is 13. The second-order valence-electron chi connectivity index (χ2n) is 9.24. The van der Waals surface area contributed by atoms with Crippen LogP contribution in [-0.2, 0) is 6.61 Å². The normalized spacial score (nSPS) is 12.1. The topological polar surface area (TPSA) is 29.5 Å². The molecule has 2 aromatic rings. The summed E-state index contributed by atoms with van der Waals surface area (Å²) in [5.41, 5.74) is 2.15. The lowest BCUT2D eigenvalue weighted by atomic mass is 10.0. The van der Waals surface area contributed by atoms with Crippen LogP contribution in [0, 0.1) is 0 Å². The zero-order valence-electron chi connectivity index (χ0n) is 20.4. The van der Waals surface area contributed by atoms with Crippen molar-refractivity contribution < 1.29 is 9.84 Å². The summed E-state index contributed by atoms with van der Waals surface area (Å²) >= 11 is 0. The van der Waals surface area contributed by atoms with E-state index in [4.69, 9.17) is 4.74 Å². The molecule has 0 aliphatic carbocycles. The zero-order chi connectivity index (χ0) is 22.7. The molecule has 0 saturated carbocycles. The van der Waals surface area contributed by atoms with E-state index in [1.165, 1.54) is 83.5 Å². The average molecular weight is 439 g/mol. The van der Waals surface area contributed by atoms with E-state index in [1.807, 2.05) is 42.5 Å². The Hall–Kier alpha value is -1.80. The Morgan fingerprint density at radius 1 is 0.625 bits per heavy atom. The molecule has 1 N–H and O–H groups in total. The molecule has 0 spiro atoms. The largest absolute Gasteiger partial charge is 0.489 e. The minimum atomic E-state index is -0.365. The van der Waals surface area contributed by atoms with Crippen molar-refractivity contribution in [3.05, 3.63) is 65.7 Å². The summed E-state index contributed by atoms with van der Waals surface area (Å²) < 4.78 is 5.83. The maximum atomic E-state index is 10.5. The summed E-state index contributed by atoms with van der Waals surface area (Å²) in [5.74, 6) is 0.848. The van der Waals surface area contributed by atoms with E-state index in [0.717, 1.165) is 29.7 Å². The number of benzene rings is 2. The van der Waals surface area contributed by atoms with Gasteiger partial charge in [0.2, 0.25) is 0 Å². The van der Waals surface area contributed by atoms with Crippen molar-refractivity contribution in [1.29, 1.82) is 0 Å². The van der Waals surface area contributed by atoms with Gasteiger partial charge in [-0.1, -0.05) is 139 Å². The SMILES string of the molecule is CCCCCCCCCCCCCCCCC(O)c1ccc(OCc2ccccc2)cc1. The lowest BCUT2D eigenvalue weighted by Crippen LogP contribution is -1.99. The van der Waals surface area contributed by atoms with Gasteiger partial charge in [0.05, 0.1) is 6.10 Å². The van der Waals surface area contributed by atoms with Gasteiger partial charge in [0, 0.05) is 0 Å². The van der Waals surface area contributed by atoms with E-state index < -0.39 is 0 Å². The molecule has 2 aromatic carbocycles. The molecule has 0 radical (unpaired) electrons. The molecule has 178 valence electrons. The predicted octanol–water partition coefficient (Wildman–Crippen LogP) is 9.17. The third-order valence-electron chi connectivity index (χ3n) is 6.34. The van der Waals surface area contributed by atoms with Crippen molar-refractivity contribution in [2.24, 2.45) is 0 Å². The van der Waals surface area contributed by atoms with Crippen molar-refractivity contribution in [2.75, 3.05) is 0 Å². The van der Waals surface area contributed by atoms with E-state index in [-0.39, 0.29) is 6.10 Å². The van der Waals surface area contributed by atoms with Crippen LogP contribution in [-0.4, -0.2) is 5.11 Å². The fourth-order valence-corrected chi connectivity index (χ4v) is 4.23. The highest BCUT2D eigenvalue weighted by atomic mass is 16.5. The highest BCUT2D eigenvalue weighted by Crippen LogP contribution is 2.23. The van der Waals surface area contributed by atoms with Crippen molar-refractivity contribution in [1.82, 2.24) is 0 Å². The molecule has 0 aliphatic heterocycles. The van der Waals surface area contributed by atoms with Gasteiger partial charge in [0.15, 0.2) is 0 Å². The third kappa shape index (κ3) is 12.3. The summed E-state index contributed by atoms with van der Waals surface area (Å²) in [6.45, 7) is 2.85. The molecule has 1 atom stereocenters. The summed E-state index contributed by atoms with van der Waals surface area (Å²) in [5, 5.41) is 10.5. The van der Waals surface area contributed by atoms with Crippen LogP contribution in [0.5, 0.6) is 5.75 Å².